The molecular weight excluding hydrogens is 440 g/mol. The number of carbonyl (C=O) groups excluding carboxylic acids is 2. The molecule has 0 saturated carbocycles. The summed E-state index contributed by atoms with van der Waals surface area (Å²) in [6.07, 6.45) is 0. The van der Waals surface area contributed by atoms with Crippen molar-refractivity contribution in [3.63, 3.8) is 0 Å². The topological polar surface area (TPSA) is 74.3 Å². The highest BCUT2D eigenvalue weighted by Crippen LogP contribution is 2.26. The first-order valence-electron chi connectivity index (χ1n) is 10.5. The SMILES string of the molecule is Cc1onc(-c2ccccc2)c1C(=O)OCC(=O)c1cc(C)n(Cc2ccccc2Cl)c1C. The second-order valence-corrected chi connectivity index (χ2v) is 8.20. The number of rotatable bonds is 7. The van der Waals surface area contributed by atoms with Crippen molar-refractivity contribution in [2.24, 2.45) is 0 Å². The monoisotopic (exact) mass is 462 g/mol. The molecule has 0 spiro atoms. The van der Waals surface area contributed by atoms with E-state index in [1.807, 2.05) is 79.1 Å². The highest BCUT2D eigenvalue weighted by Gasteiger charge is 2.24. The minimum absolute atomic E-state index is 0.221. The Hall–Kier alpha value is -3.64. The van der Waals surface area contributed by atoms with Crippen molar-refractivity contribution < 1.29 is 18.8 Å². The summed E-state index contributed by atoms with van der Waals surface area (Å²) in [6.45, 7) is 5.61. The lowest BCUT2D eigenvalue weighted by molar-refractivity contribution is 0.0473. The fourth-order valence-corrected chi connectivity index (χ4v) is 4.01. The number of Topliss-reactive ketones (excluding diaryl/α,β-unsaturated/α-hetero) is 1. The van der Waals surface area contributed by atoms with Crippen LogP contribution in [0.25, 0.3) is 11.3 Å². The number of ketones is 1. The third kappa shape index (κ3) is 4.61. The van der Waals surface area contributed by atoms with E-state index in [0.717, 1.165) is 22.5 Å². The number of hydrogen-bond donors (Lipinski definition) is 0. The Labute approximate surface area is 196 Å². The second kappa shape index (κ2) is 9.46. The van der Waals surface area contributed by atoms with Gasteiger partial charge in [-0.1, -0.05) is 65.3 Å². The van der Waals surface area contributed by atoms with Crippen LogP contribution in [0, 0.1) is 20.8 Å². The van der Waals surface area contributed by atoms with Crippen molar-refractivity contribution in [2.75, 3.05) is 6.61 Å². The van der Waals surface area contributed by atoms with Crippen molar-refractivity contribution >= 4 is 23.4 Å². The van der Waals surface area contributed by atoms with E-state index >= 15 is 0 Å². The Kier molecular flexibility index (Phi) is 6.47. The first kappa shape index (κ1) is 22.6. The van der Waals surface area contributed by atoms with Crippen molar-refractivity contribution in [2.45, 2.75) is 27.3 Å². The fraction of sp³-hybridized carbons (Fsp3) is 0.192. The van der Waals surface area contributed by atoms with E-state index in [9.17, 15) is 9.59 Å². The van der Waals surface area contributed by atoms with Crippen LogP contribution < -0.4 is 0 Å². The largest absolute Gasteiger partial charge is 0.454 e. The molecule has 0 radical (unpaired) electrons. The number of halogens is 1. The Balaban J connectivity index is 1.50. The van der Waals surface area contributed by atoms with Crippen LogP contribution in [-0.4, -0.2) is 28.1 Å². The van der Waals surface area contributed by atoms with Gasteiger partial charge in [0, 0.05) is 34.1 Å². The summed E-state index contributed by atoms with van der Waals surface area (Å²) in [5.74, 6) is -0.590. The zero-order valence-corrected chi connectivity index (χ0v) is 19.3. The first-order valence-corrected chi connectivity index (χ1v) is 10.9. The molecule has 0 aliphatic rings. The first-order chi connectivity index (χ1) is 15.9. The Morgan fingerprint density at radius 3 is 2.45 bits per heavy atom. The second-order valence-electron chi connectivity index (χ2n) is 7.79. The van der Waals surface area contributed by atoms with Crippen molar-refractivity contribution in [3.05, 3.63) is 99.5 Å². The molecule has 4 aromatic rings. The van der Waals surface area contributed by atoms with Gasteiger partial charge < -0.3 is 13.8 Å². The van der Waals surface area contributed by atoms with E-state index in [0.29, 0.717) is 28.6 Å². The van der Waals surface area contributed by atoms with Gasteiger partial charge in [0.2, 0.25) is 5.78 Å². The number of esters is 1. The van der Waals surface area contributed by atoms with Crippen LogP contribution in [0.15, 0.2) is 65.2 Å². The number of aryl methyl sites for hydroxylation is 2. The molecular formula is C26H23ClN2O4. The number of benzene rings is 2. The molecule has 0 aliphatic carbocycles. The molecule has 2 heterocycles. The molecule has 0 N–H and O–H groups in total. The van der Waals surface area contributed by atoms with Gasteiger partial charge in [-0.2, -0.15) is 0 Å². The van der Waals surface area contributed by atoms with Gasteiger partial charge in [0.1, 0.15) is 17.0 Å². The average molecular weight is 463 g/mol. The zero-order chi connectivity index (χ0) is 23.5. The summed E-state index contributed by atoms with van der Waals surface area (Å²) in [6, 6.07) is 18.6. The van der Waals surface area contributed by atoms with E-state index in [-0.39, 0.29) is 18.0 Å². The summed E-state index contributed by atoms with van der Waals surface area (Å²) in [5, 5.41) is 4.66. The number of hydrogen-bond acceptors (Lipinski definition) is 5. The smallest absolute Gasteiger partial charge is 0.344 e. The molecule has 2 aromatic heterocycles. The minimum atomic E-state index is -0.647. The van der Waals surface area contributed by atoms with E-state index < -0.39 is 5.97 Å². The van der Waals surface area contributed by atoms with Gasteiger partial charge in [-0.3, -0.25) is 4.79 Å². The Morgan fingerprint density at radius 2 is 1.73 bits per heavy atom. The summed E-state index contributed by atoms with van der Waals surface area (Å²) < 4.78 is 12.6. The maximum Gasteiger partial charge on any atom is 0.344 e. The maximum absolute atomic E-state index is 12.9. The molecule has 0 fully saturated rings. The summed E-state index contributed by atoms with van der Waals surface area (Å²) in [7, 11) is 0. The Bertz CT molecular complexity index is 1320. The average Bonchev–Trinajstić information content (AvgIpc) is 3.34. The van der Waals surface area contributed by atoms with Crippen LogP contribution in [0.4, 0.5) is 0 Å². The van der Waals surface area contributed by atoms with Gasteiger partial charge in [-0.15, -0.1) is 0 Å². The highest BCUT2D eigenvalue weighted by molar-refractivity contribution is 6.31. The van der Waals surface area contributed by atoms with E-state index in [1.165, 1.54) is 0 Å². The molecule has 33 heavy (non-hydrogen) atoms. The summed E-state index contributed by atoms with van der Waals surface area (Å²) in [4.78, 5) is 25.7. The van der Waals surface area contributed by atoms with E-state index in [4.69, 9.17) is 20.9 Å². The van der Waals surface area contributed by atoms with Crippen molar-refractivity contribution in [1.29, 1.82) is 0 Å². The molecule has 0 aliphatic heterocycles. The van der Waals surface area contributed by atoms with Crippen molar-refractivity contribution in [1.82, 2.24) is 9.72 Å². The lowest BCUT2D eigenvalue weighted by Gasteiger charge is -2.11. The summed E-state index contributed by atoms with van der Waals surface area (Å²) >= 11 is 6.30. The molecule has 0 amide bonds. The lowest BCUT2D eigenvalue weighted by atomic mass is 10.1. The van der Waals surface area contributed by atoms with E-state index in [2.05, 4.69) is 5.16 Å². The van der Waals surface area contributed by atoms with Gasteiger partial charge in [0.15, 0.2) is 6.61 Å². The minimum Gasteiger partial charge on any atom is -0.454 e. The quantitative estimate of drug-likeness (QED) is 0.256. The fourth-order valence-electron chi connectivity index (χ4n) is 3.81. The highest BCUT2D eigenvalue weighted by atomic mass is 35.5. The standard InChI is InChI=1S/C26H23ClN2O4/c1-16-13-21(17(2)29(16)14-20-11-7-8-12-22(20)27)23(30)15-32-26(31)24-18(3)33-28-25(24)19-9-5-4-6-10-19/h4-13H,14-15H2,1-3H3. The molecule has 7 heteroatoms. The number of ether oxygens (including phenoxy) is 1. The van der Waals surface area contributed by atoms with Gasteiger partial charge in [0.25, 0.3) is 0 Å². The molecule has 6 nitrogen and oxygen atoms in total. The van der Waals surface area contributed by atoms with Crippen LogP contribution in [0.2, 0.25) is 5.02 Å². The molecule has 0 bridgehead atoms. The Morgan fingerprint density at radius 1 is 1.03 bits per heavy atom. The molecule has 2 aromatic carbocycles. The van der Waals surface area contributed by atoms with Crippen LogP contribution in [0.5, 0.6) is 0 Å². The van der Waals surface area contributed by atoms with Crippen LogP contribution in [0.1, 0.15) is 43.4 Å². The van der Waals surface area contributed by atoms with E-state index in [1.54, 1.807) is 6.92 Å². The molecule has 4 rings (SSSR count). The molecule has 0 atom stereocenters. The lowest BCUT2D eigenvalue weighted by Crippen LogP contribution is -2.16. The number of carbonyl (C=O) groups is 2. The number of aromatic nitrogens is 2. The van der Waals surface area contributed by atoms with Gasteiger partial charge >= 0.3 is 5.97 Å². The predicted octanol–water partition coefficient (Wildman–Crippen LogP) is 5.81. The predicted molar refractivity (Wildman–Crippen MR) is 126 cm³/mol. The summed E-state index contributed by atoms with van der Waals surface area (Å²) in [5.41, 5.74) is 4.53. The maximum atomic E-state index is 12.9. The molecule has 0 unspecified atom stereocenters. The van der Waals surface area contributed by atoms with Crippen LogP contribution in [0.3, 0.4) is 0 Å². The molecule has 168 valence electrons. The van der Waals surface area contributed by atoms with Crippen LogP contribution >= 0.6 is 11.6 Å². The van der Waals surface area contributed by atoms with Gasteiger partial charge in [0.05, 0.1) is 0 Å². The van der Waals surface area contributed by atoms with Gasteiger partial charge in [-0.05, 0) is 38.5 Å². The third-order valence-corrected chi connectivity index (χ3v) is 5.98. The molecule has 0 saturated heterocycles. The zero-order valence-electron chi connectivity index (χ0n) is 18.6. The van der Waals surface area contributed by atoms with Crippen LogP contribution in [-0.2, 0) is 11.3 Å². The van der Waals surface area contributed by atoms with Crippen molar-refractivity contribution in [3.8, 4) is 11.3 Å². The van der Waals surface area contributed by atoms with Gasteiger partial charge in [-0.25, -0.2) is 4.79 Å². The normalized spacial score (nSPS) is 10.9. The third-order valence-electron chi connectivity index (χ3n) is 5.61. The number of nitrogens with zero attached hydrogens (tertiary/aromatic N) is 2.